The first-order chi connectivity index (χ1) is 7.74. The summed E-state index contributed by atoms with van der Waals surface area (Å²) in [5, 5.41) is 1.21. The number of rotatable bonds is 1. The maximum atomic E-state index is 4.76. The first-order valence-corrected chi connectivity index (χ1v) is 6.68. The maximum absolute atomic E-state index is 4.76. The molecule has 2 nitrogen and oxygen atoms in total. The third kappa shape index (κ3) is 1.59. The highest BCUT2D eigenvalue weighted by atomic mass is 32.1. The van der Waals surface area contributed by atoms with E-state index in [-0.39, 0.29) is 0 Å². The summed E-state index contributed by atoms with van der Waals surface area (Å²) < 4.78 is 1.35. The second-order valence-electron chi connectivity index (χ2n) is 4.62. The van der Waals surface area contributed by atoms with Gasteiger partial charge in [-0.05, 0) is 43.9 Å². The van der Waals surface area contributed by atoms with Gasteiger partial charge in [-0.1, -0.05) is 17.4 Å². The molecule has 1 aromatic heterocycles. The lowest BCUT2D eigenvalue weighted by Crippen LogP contribution is -2.16. The highest BCUT2D eigenvalue weighted by Crippen LogP contribution is 2.33. The van der Waals surface area contributed by atoms with Crippen LogP contribution in [0.15, 0.2) is 12.1 Å². The predicted octanol–water partition coefficient (Wildman–Crippen LogP) is 3.51. The summed E-state index contributed by atoms with van der Waals surface area (Å²) in [6.07, 6.45) is 2.63. The average molecular weight is 232 g/mol. The van der Waals surface area contributed by atoms with E-state index in [2.05, 4.69) is 30.9 Å². The zero-order chi connectivity index (χ0) is 11.1. The van der Waals surface area contributed by atoms with Gasteiger partial charge < -0.3 is 4.90 Å². The Morgan fingerprint density at radius 1 is 1.19 bits per heavy atom. The van der Waals surface area contributed by atoms with Gasteiger partial charge in [-0.25, -0.2) is 4.98 Å². The summed E-state index contributed by atoms with van der Waals surface area (Å²) in [6, 6.07) is 4.44. The topological polar surface area (TPSA) is 16.1 Å². The van der Waals surface area contributed by atoms with Gasteiger partial charge in [0, 0.05) is 13.1 Å². The fraction of sp³-hybridized carbons (Fsp3) is 0.462. The van der Waals surface area contributed by atoms with Crippen LogP contribution in [-0.4, -0.2) is 18.1 Å². The standard InChI is InChI=1S/C13H16N2S/c1-9-7-10(2)12-11(8-9)14-13(16-12)15-5-3-4-6-15/h7-8H,3-6H2,1-2H3. The molecule has 0 amide bonds. The van der Waals surface area contributed by atoms with Crippen molar-refractivity contribution in [3.8, 4) is 0 Å². The van der Waals surface area contributed by atoms with Crippen LogP contribution < -0.4 is 4.90 Å². The number of hydrogen-bond acceptors (Lipinski definition) is 3. The van der Waals surface area contributed by atoms with Gasteiger partial charge in [0.25, 0.3) is 0 Å². The van der Waals surface area contributed by atoms with Crippen LogP contribution >= 0.6 is 11.3 Å². The molecule has 0 spiro atoms. The molecule has 0 unspecified atom stereocenters. The first-order valence-electron chi connectivity index (χ1n) is 5.87. The van der Waals surface area contributed by atoms with Crippen molar-refractivity contribution < 1.29 is 0 Å². The largest absolute Gasteiger partial charge is 0.348 e. The van der Waals surface area contributed by atoms with E-state index in [9.17, 15) is 0 Å². The minimum absolute atomic E-state index is 1.17. The summed E-state index contributed by atoms with van der Waals surface area (Å²) in [6.45, 7) is 6.68. The zero-order valence-electron chi connectivity index (χ0n) is 9.79. The third-order valence-corrected chi connectivity index (χ3v) is 4.45. The molecule has 3 heteroatoms. The van der Waals surface area contributed by atoms with Crippen molar-refractivity contribution in [1.82, 2.24) is 4.98 Å². The Bertz CT molecular complexity index is 524. The number of aromatic nitrogens is 1. The zero-order valence-corrected chi connectivity index (χ0v) is 10.6. The maximum Gasteiger partial charge on any atom is 0.186 e. The summed E-state index contributed by atoms with van der Waals surface area (Å²) in [5.74, 6) is 0. The molecule has 84 valence electrons. The van der Waals surface area contributed by atoms with Gasteiger partial charge in [-0.15, -0.1) is 0 Å². The number of nitrogens with zero attached hydrogens (tertiary/aromatic N) is 2. The SMILES string of the molecule is Cc1cc(C)c2sc(N3CCCC3)nc2c1. The molecule has 0 atom stereocenters. The summed E-state index contributed by atoms with van der Waals surface area (Å²) in [7, 11) is 0. The molecule has 1 saturated heterocycles. The van der Waals surface area contributed by atoms with Gasteiger partial charge >= 0.3 is 0 Å². The van der Waals surface area contributed by atoms with Crippen molar-refractivity contribution in [1.29, 1.82) is 0 Å². The van der Waals surface area contributed by atoms with Crippen molar-refractivity contribution in [2.45, 2.75) is 26.7 Å². The summed E-state index contributed by atoms with van der Waals surface area (Å²) in [5.41, 5.74) is 3.84. The van der Waals surface area contributed by atoms with Crippen molar-refractivity contribution in [3.63, 3.8) is 0 Å². The Labute approximate surface area is 99.9 Å². The molecule has 0 saturated carbocycles. The normalized spacial score (nSPS) is 16.2. The molecule has 2 aromatic rings. The van der Waals surface area contributed by atoms with Gasteiger partial charge in [0.05, 0.1) is 10.2 Å². The van der Waals surface area contributed by atoms with Gasteiger partial charge in [-0.2, -0.15) is 0 Å². The van der Waals surface area contributed by atoms with Gasteiger partial charge in [0.15, 0.2) is 5.13 Å². The molecule has 0 bridgehead atoms. The fourth-order valence-electron chi connectivity index (χ4n) is 2.41. The van der Waals surface area contributed by atoms with Crippen molar-refractivity contribution >= 4 is 26.7 Å². The Hall–Kier alpha value is -1.09. The van der Waals surface area contributed by atoms with E-state index in [0.29, 0.717) is 0 Å². The molecule has 0 aliphatic carbocycles. The molecule has 0 N–H and O–H groups in total. The third-order valence-electron chi connectivity index (χ3n) is 3.19. The van der Waals surface area contributed by atoms with Crippen molar-refractivity contribution in [3.05, 3.63) is 23.3 Å². The summed E-state index contributed by atoms with van der Waals surface area (Å²) >= 11 is 1.84. The number of fused-ring (bicyclic) bond motifs is 1. The van der Waals surface area contributed by atoms with Crippen molar-refractivity contribution in [2.75, 3.05) is 18.0 Å². The molecule has 3 rings (SSSR count). The van der Waals surface area contributed by atoms with E-state index in [1.165, 1.54) is 52.4 Å². The molecule has 1 aliphatic rings. The smallest absolute Gasteiger partial charge is 0.186 e. The highest BCUT2D eigenvalue weighted by Gasteiger charge is 2.16. The van der Waals surface area contributed by atoms with Gasteiger partial charge in [-0.3, -0.25) is 0 Å². The van der Waals surface area contributed by atoms with Crippen LogP contribution in [0, 0.1) is 13.8 Å². The molecule has 2 heterocycles. The minimum Gasteiger partial charge on any atom is -0.348 e. The minimum atomic E-state index is 1.17. The molecule has 1 aliphatic heterocycles. The van der Waals surface area contributed by atoms with Gasteiger partial charge in [0.1, 0.15) is 0 Å². The van der Waals surface area contributed by atoms with Crippen LogP contribution in [-0.2, 0) is 0 Å². The Kier molecular flexibility index (Phi) is 2.36. The Morgan fingerprint density at radius 3 is 2.69 bits per heavy atom. The van der Waals surface area contributed by atoms with E-state index in [1.54, 1.807) is 0 Å². The van der Waals surface area contributed by atoms with E-state index in [1.807, 2.05) is 11.3 Å². The second kappa shape index (κ2) is 3.74. The molecule has 0 radical (unpaired) electrons. The van der Waals surface area contributed by atoms with Crippen LogP contribution in [0.5, 0.6) is 0 Å². The fourth-order valence-corrected chi connectivity index (χ4v) is 3.48. The number of hydrogen-bond donors (Lipinski definition) is 0. The molecular formula is C13H16N2S. The molecule has 16 heavy (non-hydrogen) atoms. The first kappa shape index (κ1) is 10.1. The van der Waals surface area contributed by atoms with E-state index in [0.717, 1.165) is 0 Å². The lowest BCUT2D eigenvalue weighted by Gasteiger charge is -2.11. The Morgan fingerprint density at radius 2 is 1.94 bits per heavy atom. The van der Waals surface area contributed by atoms with E-state index in [4.69, 9.17) is 4.98 Å². The van der Waals surface area contributed by atoms with E-state index >= 15 is 0 Å². The summed E-state index contributed by atoms with van der Waals surface area (Å²) in [4.78, 5) is 7.18. The van der Waals surface area contributed by atoms with Crippen LogP contribution in [0.3, 0.4) is 0 Å². The quantitative estimate of drug-likeness (QED) is 0.748. The Balaban J connectivity index is 2.11. The molecule has 1 fully saturated rings. The molecule has 1 aromatic carbocycles. The van der Waals surface area contributed by atoms with Crippen LogP contribution in [0.2, 0.25) is 0 Å². The lowest BCUT2D eigenvalue weighted by atomic mass is 10.1. The monoisotopic (exact) mass is 232 g/mol. The predicted molar refractivity (Wildman–Crippen MR) is 70.5 cm³/mol. The molecular weight excluding hydrogens is 216 g/mol. The average Bonchev–Trinajstić information content (AvgIpc) is 2.82. The van der Waals surface area contributed by atoms with E-state index < -0.39 is 0 Å². The lowest BCUT2D eigenvalue weighted by molar-refractivity contribution is 0.949. The van der Waals surface area contributed by atoms with Crippen LogP contribution in [0.4, 0.5) is 5.13 Å². The van der Waals surface area contributed by atoms with Crippen LogP contribution in [0.1, 0.15) is 24.0 Å². The van der Waals surface area contributed by atoms with Crippen molar-refractivity contribution in [2.24, 2.45) is 0 Å². The second-order valence-corrected chi connectivity index (χ2v) is 5.60. The number of aryl methyl sites for hydroxylation is 2. The highest BCUT2D eigenvalue weighted by molar-refractivity contribution is 7.22. The number of benzene rings is 1. The van der Waals surface area contributed by atoms with Gasteiger partial charge in [0.2, 0.25) is 0 Å². The number of anilines is 1. The van der Waals surface area contributed by atoms with Crippen LogP contribution in [0.25, 0.3) is 10.2 Å². The number of thiazole rings is 1.